The summed E-state index contributed by atoms with van der Waals surface area (Å²) in [6, 6.07) is 14.7. The zero-order valence-corrected chi connectivity index (χ0v) is 9.53. The first kappa shape index (κ1) is 8.86. The van der Waals surface area contributed by atoms with E-state index in [1.54, 1.807) is 0 Å². The summed E-state index contributed by atoms with van der Waals surface area (Å²) in [4.78, 5) is 4.23. The smallest absolute Gasteiger partial charge is 0.113 e. The van der Waals surface area contributed by atoms with Crippen LogP contribution in [0, 0.1) is 0 Å². The van der Waals surface area contributed by atoms with E-state index in [0.29, 0.717) is 0 Å². The minimum absolute atomic E-state index is 0.908. The zero-order valence-electron chi connectivity index (χ0n) is 7.94. The number of nitrogens with zero attached hydrogens (tertiary/aromatic N) is 1. The summed E-state index contributed by atoms with van der Waals surface area (Å²) in [5.41, 5.74) is 0. The van der Waals surface area contributed by atoms with Gasteiger partial charge in [0.05, 0.1) is 0 Å². The van der Waals surface area contributed by atoms with Gasteiger partial charge in [-0.1, -0.05) is 36.4 Å². The summed E-state index contributed by atoms with van der Waals surface area (Å²) >= 11 is 3.47. The van der Waals surface area contributed by atoms with E-state index in [1.165, 1.54) is 16.2 Å². The van der Waals surface area contributed by atoms with Gasteiger partial charge in [0.15, 0.2) is 0 Å². The number of hydrogen-bond donors (Lipinski definition) is 0. The van der Waals surface area contributed by atoms with Crippen molar-refractivity contribution in [1.82, 2.24) is 4.98 Å². The summed E-state index contributed by atoms with van der Waals surface area (Å²) in [6.45, 7) is 0. The van der Waals surface area contributed by atoms with Crippen LogP contribution >= 0.6 is 15.9 Å². The van der Waals surface area contributed by atoms with Crippen molar-refractivity contribution in [2.75, 3.05) is 0 Å². The van der Waals surface area contributed by atoms with Gasteiger partial charge in [-0.2, -0.15) is 0 Å². The van der Waals surface area contributed by atoms with Crippen LogP contribution in [0.4, 0.5) is 0 Å². The number of rotatable bonds is 0. The van der Waals surface area contributed by atoms with E-state index in [0.717, 1.165) is 9.99 Å². The van der Waals surface area contributed by atoms with Crippen LogP contribution in [-0.2, 0) is 0 Å². The second-order valence-corrected chi connectivity index (χ2v) is 4.23. The maximum Gasteiger partial charge on any atom is 0.113 e. The molecule has 0 saturated heterocycles. The fraction of sp³-hybridized carbons (Fsp3) is 0. The summed E-state index contributed by atoms with van der Waals surface area (Å²) < 4.78 is 0.908. The lowest BCUT2D eigenvalue weighted by atomic mass is 10.0. The summed E-state index contributed by atoms with van der Waals surface area (Å²) in [6.07, 6.45) is 1.83. The van der Waals surface area contributed by atoms with E-state index in [4.69, 9.17) is 0 Å². The number of benzene rings is 2. The third-order valence-electron chi connectivity index (χ3n) is 2.62. The van der Waals surface area contributed by atoms with Gasteiger partial charge in [0, 0.05) is 11.6 Å². The van der Waals surface area contributed by atoms with Crippen LogP contribution in [0.3, 0.4) is 0 Å². The van der Waals surface area contributed by atoms with E-state index < -0.39 is 0 Å². The van der Waals surface area contributed by atoms with Gasteiger partial charge in [0.2, 0.25) is 0 Å². The molecule has 0 unspecified atom stereocenters. The maximum atomic E-state index is 4.23. The van der Waals surface area contributed by atoms with E-state index in [-0.39, 0.29) is 0 Å². The van der Waals surface area contributed by atoms with Crippen molar-refractivity contribution in [2.24, 2.45) is 0 Å². The molecule has 1 nitrogen and oxygen atoms in total. The average molecular weight is 258 g/mol. The Morgan fingerprint density at radius 3 is 2.60 bits per heavy atom. The Bertz CT molecular complexity index is 646. The maximum absolute atomic E-state index is 4.23. The fourth-order valence-electron chi connectivity index (χ4n) is 1.90. The highest BCUT2D eigenvalue weighted by atomic mass is 79.9. The molecular weight excluding hydrogens is 250 g/mol. The van der Waals surface area contributed by atoms with Gasteiger partial charge < -0.3 is 0 Å². The standard InChI is InChI=1S/C13H8BrN/c14-13-12-6-5-9-3-1-2-4-10(9)11(12)7-8-15-13/h1-8H. The SMILES string of the molecule is Brc1nccc2c1ccc1ccccc12. The quantitative estimate of drug-likeness (QED) is 0.436. The van der Waals surface area contributed by atoms with Crippen molar-refractivity contribution in [3.8, 4) is 0 Å². The molecular formula is C13H8BrN. The normalized spacial score (nSPS) is 11.0. The summed E-state index contributed by atoms with van der Waals surface area (Å²) in [5, 5.41) is 4.95. The summed E-state index contributed by atoms with van der Waals surface area (Å²) in [7, 11) is 0. The van der Waals surface area contributed by atoms with Crippen molar-refractivity contribution < 1.29 is 0 Å². The molecule has 0 radical (unpaired) electrons. The molecule has 0 amide bonds. The predicted molar refractivity (Wildman–Crippen MR) is 66.9 cm³/mol. The number of hydrogen-bond acceptors (Lipinski definition) is 1. The minimum atomic E-state index is 0.908. The molecule has 0 N–H and O–H groups in total. The number of fused-ring (bicyclic) bond motifs is 3. The van der Waals surface area contributed by atoms with Crippen molar-refractivity contribution >= 4 is 37.5 Å². The van der Waals surface area contributed by atoms with Gasteiger partial charge in [0.25, 0.3) is 0 Å². The Morgan fingerprint density at radius 1 is 0.800 bits per heavy atom. The second kappa shape index (κ2) is 3.31. The molecule has 15 heavy (non-hydrogen) atoms. The minimum Gasteiger partial charge on any atom is -0.249 e. The van der Waals surface area contributed by atoms with Gasteiger partial charge in [-0.15, -0.1) is 0 Å². The monoisotopic (exact) mass is 257 g/mol. The van der Waals surface area contributed by atoms with Crippen LogP contribution in [0.2, 0.25) is 0 Å². The lowest BCUT2D eigenvalue weighted by molar-refractivity contribution is 1.32. The molecule has 3 aromatic rings. The van der Waals surface area contributed by atoms with Crippen molar-refractivity contribution in [2.45, 2.75) is 0 Å². The van der Waals surface area contributed by atoms with Gasteiger partial charge in [-0.25, -0.2) is 4.98 Å². The second-order valence-electron chi connectivity index (χ2n) is 3.48. The number of pyridine rings is 1. The molecule has 0 aliphatic rings. The topological polar surface area (TPSA) is 12.9 Å². The molecule has 0 saturated carbocycles. The van der Waals surface area contributed by atoms with Crippen LogP contribution < -0.4 is 0 Å². The Morgan fingerprint density at radius 2 is 1.67 bits per heavy atom. The molecule has 1 heterocycles. The molecule has 2 aromatic carbocycles. The molecule has 0 aliphatic heterocycles. The molecule has 0 aliphatic carbocycles. The molecule has 2 heteroatoms. The van der Waals surface area contributed by atoms with E-state index in [1.807, 2.05) is 6.20 Å². The predicted octanol–water partition coefficient (Wildman–Crippen LogP) is 4.15. The van der Waals surface area contributed by atoms with Crippen LogP contribution in [-0.4, -0.2) is 4.98 Å². The molecule has 3 rings (SSSR count). The van der Waals surface area contributed by atoms with Crippen LogP contribution in [0.1, 0.15) is 0 Å². The molecule has 0 spiro atoms. The van der Waals surface area contributed by atoms with Gasteiger partial charge in [-0.05, 0) is 38.2 Å². The van der Waals surface area contributed by atoms with Gasteiger partial charge >= 0.3 is 0 Å². The molecule has 0 fully saturated rings. The first-order valence-electron chi connectivity index (χ1n) is 4.78. The number of halogens is 1. The highest BCUT2D eigenvalue weighted by Crippen LogP contribution is 2.28. The van der Waals surface area contributed by atoms with Crippen molar-refractivity contribution in [1.29, 1.82) is 0 Å². The Hall–Kier alpha value is -1.41. The number of aromatic nitrogens is 1. The molecule has 72 valence electrons. The largest absolute Gasteiger partial charge is 0.249 e. The average Bonchev–Trinajstić information content (AvgIpc) is 2.29. The van der Waals surface area contributed by atoms with E-state index >= 15 is 0 Å². The van der Waals surface area contributed by atoms with E-state index in [2.05, 4.69) is 63.4 Å². The first-order chi connectivity index (χ1) is 7.36. The third kappa shape index (κ3) is 1.33. The highest BCUT2D eigenvalue weighted by molar-refractivity contribution is 9.10. The van der Waals surface area contributed by atoms with Crippen LogP contribution in [0.5, 0.6) is 0 Å². The van der Waals surface area contributed by atoms with Crippen LogP contribution in [0.15, 0.2) is 53.3 Å². The third-order valence-corrected chi connectivity index (χ3v) is 3.25. The van der Waals surface area contributed by atoms with Gasteiger partial charge in [-0.3, -0.25) is 0 Å². The fourth-order valence-corrected chi connectivity index (χ4v) is 2.37. The Balaban J connectivity index is 2.60. The summed E-state index contributed by atoms with van der Waals surface area (Å²) in [5.74, 6) is 0. The van der Waals surface area contributed by atoms with Crippen LogP contribution in [0.25, 0.3) is 21.5 Å². The van der Waals surface area contributed by atoms with Gasteiger partial charge in [0.1, 0.15) is 4.60 Å². The Labute approximate surface area is 95.9 Å². The molecule has 0 bridgehead atoms. The molecule has 0 atom stereocenters. The van der Waals surface area contributed by atoms with Crippen molar-refractivity contribution in [3.63, 3.8) is 0 Å². The van der Waals surface area contributed by atoms with E-state index in [9.17, 15) is 0 Å². The Kier molecular flexibility index (Phi) is 1.96. The first-order valence-corrected chi connectivity index (χ1v) is 5.57. The van der Waals surface area contributed by atoms with Crippen molar-refractivity contribution in [3.05, 3.63) is 53.3 Å². The lowest BCUT2D eigenvalue weighted by Gasteiger charge is -2.04. The molecule has 1 aromatic heterocycles. The zero-order chi connectivity index (χ0) is 10.3. The highest BCUT2D eigenvalue weighted by Gasteiger charge is 2.02. The lowest BCUT2D eigenvalue weighted by Crippen LogP contribution is -1.81.